The summed E-state index contributed by atoms with van der Waals surface area (Å²) in [7, 11) is 1.56. The van der Waals surface area contributed by atoms with E-state index < -0.39 is 11.8 Å². The Labute approximate surface area is 181 Å². The van der Waals surface area contributed by atoms with Gasteiger partial charge in [-0.3, -0.25) is 25.8 Å². The highest BCUT2D eigenvalue weighted by Gasteiger charge is 2.08. The van der Waals surface area contributed by atoms with Crippen LogP contribution in [0.1, 0.15) is 29.8 Å². The zero-order chi connectivity index (χ0) is 21.9. The first-order valence-electron chi connectivity index (χ1n) is 9.34. The fourth-order valence-electron chi connectivity index (χ4n) is 2.31. The van der Waals surface area contributed by atoms with Crippen LogP contribution in [-0.2, 0) is 4.79 Å². The third kappa shape index (κ3) is 7.56. The van der Waals surface area contributed by atoms with E-state index in [9.17, 15) is 9.59 Å². The maximum absolute atomic E-state index is 12.2. The molecule has 0 saturated heterocycles. The van der Waals surface area contributed by atoms with E-state index >= 15 is 0 Å². The number of carbonyl (C=O) groups excluding carboxylic acids is 2. The maximum Gasteiger partial charge on any atom is 0.269 e. The smallest absolute Gasteiger partial charge is 0.269 e. The van der Waals surface area contributed by atoms with Gasteiger partial charge in [0.2, 0.25) is 5.91 Å². The van der Waals surface area contributed by atoms with E-state index in [0.717, 1.165) is 5.56 Å². The molecular weight excluding hydrogens is 402 g/mol. The van der Waals surface area contributed by atoms with Crippen LogP contribution in [-0.4, -0.2) is 30.6 Å². The van der Waals surface area contributed by atoms with Gasteiger partial charge in [-0.2, -0.15) is 0 Å². The summed E-state index contributed by atoms with van der Waals surface area (Å²) >= 11 is 5.02. The van der Waals surface area contributed by atoms with Crippen molar-refractivity contribution in [2.45, 2.75) is 13.8 Å². The molecule has 0 fully saturated rings. The third-order valence-electron chi connectivity index (χ3n) is 3.78. The van der Waals surface area contributed by atoms with Gasteiger partial charge in [0.1, 0.15) is 11.5 Å². The van der Waals surface area contributed by atoms with Crippen molar-refractivity contribution in [3.63, 3.8) is 0 Å². The summed E-state index contributed by atoms with van der Waals surface area (Å²) in [5.41, 5.74) is 6.11. The van der Waals surface area contributed by atoms with Crippen molar-refractivity contribution < 1.29 is 19.1 Å². The minimum Gasteiger partial charge on any atom is -0.496 e. The molecule has 0 aliphatic heterocycles. The molecule has 7 nitrogen and oxygen atoms in total. The SMILES string of the molecule is COc1ccccc1C=CC(=O)NC(=S)NNC(=O)c1ccc(OCC(C)C)cc1. The fraction of sp³-hybridized carbons (Fsp3) is 0.227. The Morgan fingerprint density at radius 3 is 2.43 bits per heavy atom. The Balaban J connectivity index is 1.80. The number of methoxy groups -OCH3 is 1. The molecule has 2 aromatic carbocycles. The molecule has 0 heterocycles. The van der Waals surface area contributed by atoms with Crippen LogP contribution in [0.3, 0.4) is 0 Å². The zero-order valence-electron chi connectivity index (χ0n) is 17.1. The number of hydrogen-bond acceptors (Lipinski definition) is 5. The Morgan fingerprint density at radius 1 is 1.07 bits per heavy atom. The van der Waals surface area contributed by atoms with E-state index in [1.165, 1.54) is 6.08 Å². The van der Waals surface area contributed by atoms with Gasteiger partial charge in [-0.1, -0.05) is 32.0 Å². The van der Waals surface area contributed by atoms with Crippen LogP contribution < -0.4 is 25.6 Å². The molecule has 2 amide bonds. The molecule has 30 heavy (non-hydrogen) atoms. The average Bonchev–Trinajstić information content (AvgIpc) is 2.75. The number of benzene rings is 2. The second-order valence-electron chi connectivity index (χ2n) is 6.70. The van der Waals surface area contributed by atoms with E-state index in [-0.39, 0.29) is 5.11 Å². The molecule has 158 valence electrons. The van der Waals surface area contributed by atoms with Crippen molar-refractivity contribution in [1.82, 2.24) is 16.2 Å². The first kappa shape index (κ1) is 22.9. The van der Waals surface area contributed by atoms with Gasteiger partial charge in [0, 0.05) is 17.2 Å². The molecule has 2 rings (SSSR count). The highest BCUT2D eigenvalue weighted by atomic mass is 32.1. The first-order chi connectivity index (χ1) is 14.4. The minimum absolute atomic E-state index is 0.0325. The van der Waals surface area contributed by atoms with Gasteiger partial charge in [0.25, 0.3) is 5.91 Å². The monoisotopic (exact) mass is 427 g/mol. The van der Waals surface area contributed by atoms with Gasteiger partial charge in [0.05, 0.1) is 13.7 Å². The van der Waals surface area contributed by atoms with Crippen molar-refractivity contribution in [3.8, 4) is 11.5 Å². The highest BCUT2D eigenvalue weighted by molar-refractivity contribution is 7.80. The van der Waals surface area contributed by atoms with E-state index in [1.807, 2.05) is 18.2 Å². The number of nitrogens with one attached hydrogen (secondary N) is 3. The van der Waals surface area contributed by atoms with Crippen LogP contribution in [0.25, 0.3) is 6.08 Å². The van der Waals surface area contributed by atoms with Gasteiger partial charge in [0.15, 0.2) is 5.11 Å². The van der Waals surface area contributed by atoms with Crippen molar-refractivity contribution in [2.75, 3.05) is 13.7 Å². The topological polar surface area (TPSA) is 88.7 Å². The molecule has 0 aliphatic rings. The Kier molecular flexibility index (Phi) is 8.83. The van der Waals surface area contributed by atoms with Crippen molar-refractivity contribution in [2.24, 2.45) is 5.92 Å². The summed E-state index contributed by atoms with van der Waals surface area (Å²) in [6.07, 6.45) is 2.93. The molecule has 0 saturated carbocycles. The molecule has 0 aromatic heterocycles. The lowest BCUT2D eigenvalue weighted by molar-refractivity contribution is -0.115. The summed E-state index contributed by atoms with van der Waals surface area (Å²) in [4.78, 5) is 24.2. The van der Waals surface area contributed by atoms with Gasteiger partial charge in [-0.15, -0.1) is 0 Å². The van der Waals surface area contributed by atoms with Gasteiger partial charge in [-0.25, -0.2) is 0 Å². The average molecular weight is 428 g/mol. The number of amides is 2. The summed E-state index contributed by atoms with van der Waals surface area (Å²) in [5.74, 6) is 0.914. The minimum atomic E-state index is -0.445. The second-order valence-corrected chi connectivity index (χ2v) is 7.11. The third-order valence-corrected chi connectivity index (χ3v) is 3.98. The van der Waals surface area contributed by atoms with Crippen molar-refractivity contribution in [3.05, 3.63) is 65.7 Å². The summed E-state index contributed by atoms with van der Waals surface area (Å²) < 4.78 is 10.8. The van der Waals surface area contributed by atoms with Gasteiger partial charge < -0.3 is 9.47 Å². The van der Waals surface area contributed by atoms with Crippen LogP contribution in [0, 0.1) is 5.92 Å². The molecular formula is C22H25N3O4S. The van der Waals surface area contributed by atoms with Crippen LogP contribution in [0.4, 0.5) is 0 Å². The molecule has 0 bridgehead atoms. The Hall–Kier alpha value is -3.39. The maximum atomic E-state index is 12.2. The number of thiocarbonyl (C=S) groups is 1. The molecule has 0 spiro atoms. The number of carbonyl (C=O) groups is 2. The zero-order valence-corrected chi connectivity index (χ0v) is 17.9. The standard InChI is InChI=1S/C22H25N3O4S/c1-15(2)14-29-18-11-8-17(9-12-18)21(27)24-25-22(30)23-20(26)13-10-16-6-4-5-7-19(16)28-3/h4-13,15H,14H2,1-3H3,(H,24,27)(H2,23,25,26,30). The molecule has 0 atom stereocenters. The molecule has 8 heteroatoms. The lowest BCUT2D eigenvalue weighted by Gasteiger charge is -2.11. The highest BCUT2D eigenvalue weighted by Crippen LogP contribution is 2.18. The van der Waals surface area contributed by atoms with E-state index in [1.54, 1.807) is 43.5 Å². The van der Waals surface area contributed by atoms with Crippen LogP contribution in [0.15, 0.2) is 54.6 Å². The molecule has 0 aliphatic carbocycles. The van der Waals surface area contributed by atoms with Gasteiger partial charge in [-0.05, 0) is 54.5 Å². The Morgan fingerprint density at radius 2 is 1.77 bits per heavy atom. The quantitative estimate of drug-likeness (QED) is 0.358. The fourth-order valence-corrected chi connectivity index (χ4v) is 2.46. The number of rotatable bonds is 7. The van der Waals surface area contributed by atoms with Crippen LogP contribution in [0.5, 0.6) is 11.5 Å². The van der Waals surface area contributed by atoms with Gasteiger partial charge >= 0.3 is 0 Å². The summed E-state index contributed by atoms with van der Waals surface area (Å²) in [6.45, 7) is 4.72. The van der Waals surface area contributed by atoms with E-state index in [2.05, 4.69) is 30.0 Å². The number of hydrogen-bond donors (Lipinski definition) is 3. The van der Waals surface area contributed by atoms with Crippen molar-refractivity contribution in [1.29, 1.82) is 0 Å². The molecule has 0 radical (unpaired) electrons. The Bertz CT molecular complexity index is 911. The van der Waals surface area contributed by atoms with Crippen LogP contribution in [0.2, 0.25) is 0 Å². The van der Waals surface area contributed by atoms with Crippen LogP contribution >= 0.6 is 12.2 Å². The largest absolute Gasteiger partial charge is 0.496 e. The van der Waals surface area contributed by atoms with Crippen molar-refractivity contribution >= 4 is 35.2 Å². The lowest BCUT2D eigenvalue weighted by Crippen LogP contribution is -2.48. The predicted octanol–water partition coefficient (Wildman–Crippen LogP) is 3.08. The lowest BCUT2D eigenvalue weighted by atomic mass is 10.2. The normalized spacial score (nSPS) is 10.5. The molecule has 3 N–H and O–H groups in total. The van der Waals surface area contributed by atoms with E-state index in [4.69, 9.17) is 21.7 Å². The number of ether oxygens (including phenoxy) is 2. The summed E-state index contributed by atoms with van der Waals surface area (Å²) in [5, 5.41) is 2.42. The second kappa shape index (κ2) is 11.6. The number of para-hydroxylation sites is 1. The predicted molar refractivity (Wildman–Crippen MR) is 120 cm³/mol. The first-order valence-corrected chi connectivity index (χ1v) is 9.75. The van der Waals surface area contributed by atoms with E-state index in [0.29, 0.717) is 29.6 Å². The molecule has 0 unspecified atom stereocenters. The molecule has 2 aromatic rings. The number of hydrazine groups is 1. The summed E-state index contributed by atoms with van der Waals surface area (Å²) in [6, 6.07) is 14.0.